The molecule has 5 nitrogen and oxygen atoms in total. The molecule has 1 heterocycles. The summed E-state index contributed by atoms with van der Waals surface area (Å²) in [5.74, 6) is 0.307. The number of amides is 1. The molecule has 1 aliphatic heterocycles. The Bertz CT molecular complexity index is 678. The molecule has 3 rings (SSSR count). The lowest BCUT2D eigenvalue weighted by Gasteiger charge is -2.27. The monoisotopic (exact) mass is 358 g/mol. The van der Waals surface area contributed by atoms with Gasteiger partial charge in [0, 0.05) is 12.5 Å². The van der Waals surface area contributed by atoms with Gasteiger partial charge in [-0.05, 0) is 36.8 Å². The molecule has 3 N–H and O–H groups in total. The Balaban J connectivity index is 0.00000192. The summed E-state index contributed by atoms with van der Waals surface area (Å²) in [6.07, 6.45) is 3.95. The second kappa shape index (κ2) is 7.20. The third kappa shape index (κ3) is 3.87. The van der Waals surface area contributed by atoms with Crippen LogP contribution in [0, 0.1) is 5.92 Å². The van der Waals surface area contributed by atoms with Gasteiger partial charge in [-0.25, -0.2) is 8.42 Å². The molecule has 23 heavy (non-hydrogen) atoms. The van der Waals surface area contributed by atoms with Gasteiger partial charge in [-0.3, -0.25) is 4.79 Å². The summed E-state index contributed by atoms with van der Waals surface area (Å²) in [6, 6.07) is 6.84. The lowest BCUT2D eigenvalue weighted by atomic mass is 9.98. The first-order valence-corrected chi connectivity index (χ1v) is 9.49. The standard InChI is InChI=1S/C16H22N2O3S.ClH/c17-13-6-3-4-11(13)10-16(19)18-14-8-9-22(20,21)15-7-2-1-5-12(14)15;/h1-2,5,7,11,13-14H,3-4,6,8-10,17H2,(H,18,19);1H/t11-,13+,14?;/m0./s1. The van der Waals surface area contributed by atoms with Gasteiger partial charge in [0.25, 0.3) is 0 Å². The lowest BCUT2D eigenvalue weighted by molar-refractivity contribution is -0.122. The minimum atomic E-state index is -3.21. The van der Waals surface area contributed by atoms with Crippen molar-refractivity contribution in [1.29, 1.82) is 0 Å². The number of carbonyl (C=O) groups is 1. The van der Waals surface area contributed by atoms with Crippen LogP contribution < -0.4 is 11.1 Å². The first kappa shape index (κ1) is 18.2. The van der Waals surface area contributed by atoms with Crippen LogP contribution in [0.3, 0.4) is 0 Å². The average Bonchev–Trinajstić information content (AvgIpc) is 2.88. The number of nitrogens with two attached hydrogens (primary N) is 1. The van der Waals surface area contributed by atoms with E-state index in [4.69, 9.17) is 5.73 Å². The molecule has 0 radical (unpaired) electrons. The van der Waals surface area contributed by atoms with Crippen LogP contribution in [0.5, 0.6) is 0 Å². The van der Waals surface area contributed by atoms with E-state index in [0.29, 0.717) is 23.3 Å². The van der Waals surface area contributed by atoms with Crippen molar-refractivity contribution in [3.05, 3.63) is 29.8 Å². The number of carbonyl (C=O) groups excluding carboxylic acids is 1. The van der Waals surface area contributed by atoms with Gasteiger partial charge < -0.3 is 11.1 Å². The molecular formula is C16H23ClN2O3S. The second-order valence-electron chi connectivity index (χ2n) is 6.32. The minimum Gasteiger partial charge on any atom is -0.349 e. The number of halogens is 1. The van der Waals surface area contributed by atoms with Crippen LogP contribution in [0.15, 0.2) is 29.2 Å². The van der Waals surface area contributed by atoms with Crippen LogP contribution >= 0.6 is 12.4 Å². The number of hydrogen-bond donors (Lipinski definition) is 2. The van der Waals surface area contributed by atoms with Gasteiger partial charge in [-0.15, -0.1) is 12.4 Å². The Kier molecular flexibility index (Phi) is 5.70. The molecule has 7 heteroatoms. The molecule has 2 aliphatic rings. The number of rotatable bonds is 3. The Hall–Kier alpha value is -1.11. The van der Waals surface area contributed by atoms with E-state index < -0.39 is 9.84 Å². The molecule has 1 unspecified atom stereocenters. The number of fused-ring (bicyclic) bond motifs is 1. The zero-order chi connectivity index (χ0) is 15.7. The average molecular weight is 359 g/mol. The summed E-state index contributed by atoms with van der Waals surface area (Å²) in [4.78, 5) is 12.6. The van der Waals surface area contributed by atoms with Gasteiger partial charge in [-0.1, -0.05) is 24.6 Å². The highest BCUT2D eigenvalue weighted by Crippen LogP contribution is 2.32. The first-order chi connectivity index (χ1) is 10.5. The SMILES string of the molecule is Cl.N[C@@H]1CCC[C@H]1CC(=O)NC1CCS(=O)(=O)c2ccccc21. The lowest BCUT2D eigenvalue weighted by Crippen LogP contribution is -2.36. The van der Waals surface area contributed by atoms with E-state index in [1.807, 2.05) is 6.07 Å². The largest absolute Gasteiger partial charge is 0.349 e. The fourth-order valence-corrected chi connectivity index (χ4v) is 5.17. The molecule has 0 bridgehead atoms. The van der Waals surface area contributed by atoms with Gasteiger partial charge in [0.2, 0.25) is 5.91 Å². The van der Waals surface area contributed by atoms with Crippen molar-refractivity contribution in [3.63, 3.8) is 0 Å². The summed E-state index contributed by atoms with van der Waals surface area (Å²) in [7, 11) is -3.21. The van der Waals surface area contributed by atoms with Crippen LogP contribution in [0.25, 0.3) is 0 Å². The van der Waals surface area contributed by atoms with Crippen LogP contribution in [-0.2, 0) is 14.6 Å². The fraction of sp³-hybridized carbons (Fsp3) is 0.562. The zero-order valence-corrected chi connectivity index (χ0v) is 14.5. The molecule has 1 amide bonds. The Morgan fingerprint density at radius 1 is 1.22 bits per heavy atom. The quantitative estimate of drug-likeness (QED) is 0.864. The van der Waals surface area contributed by atoms with Crippen molar-refractivity contribution in [3.8, 4) is 0 Å². The molecule has 1 saturated carbocycles. The molecule has 0 aromatic heterocycles. The smallest absolute Gasteiger partial charge is 0.220 e. The number of nitrogens with one attached hydrogen (secondary N) is 1. The maximum atomic E-state index is 12.3. The number of sulfone groups is 1. The van der Waals surface area contributed by atoms with Crippen LogP contribution in [0.2, 0.25) is 0 Å². The summed E-state index contributed by atoms with van der Waals surface area (Å²) >= 11 is 0. The van der Waals surface area contributed by atoms with Crippen LogP contribution in [0.1, 0.15) is 43.7 Å². The third-order valence-electron chi connectivity index (χ3n) is 4.81. The fourth-order valence-electron chi connectivity index (χ4n) is 3.55. The van der Waals surface area contributed by atoms with E-state index in [0.717, 1.165) is 19.3 Å². The Labute approximate surface area is 143 Å². The van der Waals surface area contributed by atoms with E-state index in [2.05, 4.69) is 5.32 Å². The van der Waals surface area contributed by atoms with Crippen molar-refractivity contribution in [2.24, 2.45) is 11.7 Å². The van der Waals surface area contributed by atoms with E-state index in [1.54, 1.807) is 18.2 Å². The Morgan fingerprint density at radius 2 is 1.96 bits per heavy atom. The van der Waals surface area contributed by atoms with Crippen molar-refractivity contribution < 1.29 is 13.2 Å². The molecule has 1 aromatic rings. The molecule has 0 spiro atoms. The van der Waals surface area contributed by atoms with Gasteiger partial charge in [0.15, 0.2) is 9.84 Å². The Morgan fingerprint density at radius 3 is 2.65 bits per heavy atom. The molecule has 0 saturated heterocycles. The number of hydrogen-bond acceptors (Lipinski definition) is 4. The predicted octanol–water partition coefficient (Wildman–Crippen LogP) is 1.96. The minimum absolute atomic E-state index is 0. The summed E-state index contributed by atoms with van der Waals surface area (Å²) in [5, 5.41) is 3.00. The van der Waals surface area contributed by atoms with E-state index >= 15 is 0 Å². The summed E-state index contributed by atoms with van der Waals surface area (Å²) in [5.41, 5.74) is 6.72. The summed E-state index contributed by atoms with van der Waals surface area (Å²) in [6.45, 7) is 0. The van der Waals surface area contributed by atoms with Gasteiger partial charge in [0.05, 0.1) is 16.7 Å². The van der Waals surface area contributed by atoms with E-state index in [1.165, 1.54) is 0 Å². The van der Waals surface area contributed by atoms with E-state index in [-0.39, 0.29) is 42.1 Å². The number of benzene rings is 1. The van der Waals surface area contributed by atoms with Crippen molar-refractivity contribution in [1.82, 2.24) is 5.32 Å². The maximum Gasteiger partial charge on any atom is 0.220 e. The highest BCUT2D eigenvalue weighted by molar-refractivity contribution is 7.91. The topological polar surface area (TPSA) is 89.3 Å². The molecule has 1 aromatic carbocycles. The maximum absolute atomic E-state index is 12.3. The summed E-state index contributed by atoms with van der Waals surface area (Å²) < 4.78 is 24.2. The molecular weight excluding hydrogens is 336 g/mol. The third-order valence-corrected chi connectivity index (χ3v) is 6.62. The van der Waals surface area contributed by atoms with Gasteiger partial charge >= 0.3 is 0 Å². The van der Waals surface area contributed by atoms with Gasteiger partial charge in [-0.2, -0.15) is 0 Å². The van der Waals surface area contributed by atoms with Gasteiger partial charge in [0.1, 0.15) is 0 Å². The normalized spacial score (nSPS) is 28.5. The first-order valence-electron chi connectivity index (χ1n) is 7.84. The molecule has 3 atom stereocenters. The highest BCUT2D eigenvalue weighted by atomic mass is 35.5. The van der Waals surface area contributed by atoms with Crippen LogP contribution in [0.4, 0.5) is 0 Å². The predicted molar refractivity (Wildman–Crippen MR) is 91.2 cm³/mol. The van der Waals surface area contributed by atoms with Crippen molar-refractivity contribution >= 4 is 28.2 Å². The van der Waals surface area contributed by atoms with Crippen molar-refractivity contribution in [2.45, 2.75) is 49.1 Å². The van der Waals surface area contributed by atoms with Crippen molar-refractivity contribution in [2.75, 3.05) is 5.75 Å². The van der Waals surface area contributed by atoms with Crippen LogP contribution in [-0.4, -0.2) is 26.1 Å². The second-order valence-corrected chi connectivity index (χ2v) is 8.40. The molecule has 128 valence electrons. The molecule has 1 aliphatic carbocycles. The molecule has 1 fully saturated rings. The zero-order valence-electron chi connectivity index (χ0n) is 12.9. The van der Waals surface area contributed by atoms with E-state index in [9.17, 15) is 13.2 Å². The highest BCUT2D eigenvalue weighted by Gasteiger charge is 2.32.